The number of esters is 2. The summed E-state index contributed by atoms with van der Waals surface area (Å²) >= 11 is 0. The highest BCUT2D eigenvalue weighted by molar-refractivity contribution is 5.84. The molecule has 0 atom stereocenters. The fraction of sp³-hybridized carbons (Fsp3) is 0.667. The predicted molar refractivity (Wildman–Crippen MR) is 31.7 cm³/mol. The van der Waals surface area contributed by atoms with Gasteiger partial charge < -0.3 is 4.74 Å². The Morgan fingerprint density at radius 2 is 1.44 bits per heavy atom. The zero-order valence-electron chi connectivity index (χ0n) is 5.64. The number of carbonyl (C=O) groups excluding carboxylic acids is 2. The van der Waals surface area contributed by atoms with Gasteiger partial charge in [-0.1, -0.05) is 13.8 Å². The van der Waals surface area contributed by atoms with Crippen LogP contribution < -0.4 is 0 Å². The summed E-state index contributed by atoms with van der Waals surface area (Å²) in [5, 5.41) is 0. The van der Waals surface area contributed by atoms with E-state index in [1.807, 2.05) is 0 Å². The van der Waals surface area contributed by atoms with Crippen LogP contribution >= 0.6 is 0 Å². The van der Waals surface area contributed by atoms with Crippen LogP contribution in [-0.4, -0.2) is 11.9 Å². The summed E-state index contributed by atoms with van der Waals surface area (Å²) in [6.07, 6.45) is 0.511. The standard InChI is InChI=1S/C6H10O3/c1-3-5(7)9-6(8)4-2/h3-4H2,1-2H3/i5+1. The number of ether oxygens (including phenoxy) is 1. The smallest absolute Gasteiger partial charge is 0.313 e. The molecule has 0 amide bonds. The molecule has 0 radical (unpaired) electrons. The average Bonchev–Trinajstić information content (AvgIpc) is 1.87. The molecule has 0 aromatic rings. The molecular formula is C6H10O3. The van der Waals surface area contributed by atoms with Crippen LogP contribution in [0.1, 0.15) is 26.7 Å². The molecule has 0 unspecified atom stereocenters. The minimum atomic E-state index is -0.457. The fourth-order valence-corrected chi connectivity index (χ4v) is 0.271. The largest absolute Gasteiger partial charge is 0.393 e. The molecule has 0 saturated carbocycles. The summed E-state index contributed by atoms with van der Waals surface area (Å²) in [6.45, 7) is 3.29. The van der Waals surface area contributed by atoms with Gasteiger partial charge in [-0.15, -0.1) is 0 Å². The first-order valence-corrected chi connectivity index (χ1v) is 2.94. The number of carbonyl (C=O) groups is 2. The highest BCUT2D eigenvalue weighted by atomic mass is 16.7. The third-order valence-corrected chi connectivity index (χ3v) is 0.805. The van der Waals surface area contributed by atoms with Gasteiger partial charge in [-0.2, -0.15) is 0 Å². The zero-order valence-corrected chi connectivity index (χ0v) is 5.64. The third-order valence-electron chi connectivity index (χ3n) is 0.805. The average molecular weight is 131 g/mol. The molecule has 0 bridgehead atoms. The molecule has 0 spiro atoms. The summed E-state index contributed by atoms with van der Waals surface area (Å²) < 4.78 is 4.27. The lowest BCUT2D eigenvalue weighted by molar-refractivity contribution is -0.159. The van der Waals surface area contributed by atoms with E-state index in [0.29, 0.717) is 0 Å². The molecule has 0 aliphatic carbocycles. The van der Waals surface area contributed by atoms with Gasteiger partial charge in [-0.05, 0) is 0 Å². The monoisotopic (exact) mass is 131 g/mol. The van der Waals surface area contributed by atoms with Crippen molar-refractivity contribution in [3.8, 4) is 0 Å². The SMILES string of the molecule is CCC(=O)O[13C](=O)CC. The molecule has 0 aliphatic rings. The van der Waals surface area contributed by atoms with Gasteiger partial charge in [-0.25, -0.2) is 0 Å². The lowest BCUT2D eigenvalue weighted by Gasteiger charge is -1.95. The van der Waals surface area contributed by atoms with Gasteiger partial charge in [0, 0.05) is 12.8 Å². The van der Waals surface area contributed by atoms with E-state index in [4.69, 9.17) is 0 Å². The van der Waals surface area contributed by atoms with E-state index in [1.165, 1.54) is 0 Å². The predicted octanol–water partition coefficient (Wildman–Crippen LogP) is 0.876. The molecule has 52 valence electrons. The first-order chi connectivity index (χ1) is 4.20. The van der Waals surface area contributed by atoms with E-state index in [1.54, 1.807) is 13.8 Å². The summed E-state index contributed by atoms with van der Waals surface area (Å²) in [5.74, 6) is -0.913. The molecule has 0 N–H and O–H groups in total. The van der Waals surface area contributed by atoms with E-state index >= 15 is 0 Å². The van der Waals surface area contributed by atoms with Crippen molar-refractivity contribution in [2.75, 3.05) is 0 Å². The molecule has 9 heavy (non-hydrogen) atoms. The van der Waals surface area contributed by atoms with Gasteiger partial charge in [0.1, 0.15) is 0 Å². The Morgan fingerprint density at radius 1 is 1.11 bits per heavy atom. The Balaban J connectivity index is 3.47. The normalized spacial score (nSPS) is 8.67. The van der Waals surface area contributed by atoms with Crippen LogP contribution in [0.4, 0.5) is 0 Å². The van der Waals surface area contributed by atoms with Gasteiger partial charge in [0.15, 0.2) is 0 Å². The Hall–Kier alpha value is -0.860. The van der Waals surface area contributed by atoms with Crippen LogP contribution in [0.2, 0.25) is 0 Å². The maximum atomic E-state index is 10.3. The van der Waals surface area contributed by atoms with Gasteiger partial charge >= 0.3 is 11.9 Å². The van der Waals surface area contributed by atoms with Crippen molar-refractivity contribution in [1.82, 2.24) is 0 Å². The topological polar surface area (TPSA) is 43.4 Å². The Morgan fingerprint density at radius 3 is 1.67 bits per heavy atom. The van der Waals surface area contributed by atoms with Gasteiger partial charge in [0.2, 0.25) is 0 Å². The summed E-state index contributed by atoms with van der Waals surface area (Å²) in [6, 6.07) is 0. The number of rotatable bonds is 2. The number of hydrogen-bond donors (Lipinski definition) is 0. The highest BCUT2D eigenvalue weighted by Crippen LogP contribution is 1.88. The molecule has 0 aromatic carbocycles. The molecule has 0 fully saturated rings. The molecule has 0 saturated heterocycles. The summed E-state index contributed by atoms with van der Waals surface area (Å²) in [4.78, 5) is 20.7. The minimum Gasteiger partial charge on any atom is -0.393 e. The molecule has 0 aromatic heterocycles. The molecule has 0 heterocycles. The van der Waals surface area contributed by atoms with E-state index < -0.39 is 11.9 Å². The maximum Gasteiger partial charge on any atom is 0.313 e. The van der Waals surface area contributed by atoms with Gasteiger partial charge in [0.25, 0.3) is 0 Å². The lowest BCUT2D eigenvalue weighted by Crippen LogP contribution is -2.09. The fourth-order valence-electron chi connectivity index (χ4n) is 0.271. The second-order valence-electron chi connectivity index (χ2n) is 1.55. The van der Waals surface area contributed by atoms with Crippen molar-refractivity contribution in [2.24, 2.45) is 0 Å². The maximum absolute atomic E-state index is 10.3. The second-order valence-corrected chi connectivity index (χ2v) is 1.55. The molecule has 3 nitrogen and oxygen atoms in total. The second kappa shape index (κ2) is 4.06. The lowest BCUT2D eigenvalue weighted by atomic mass is 10.5. The van der Waals surface area contributed by atoms with Crippen molar-refractivity contribution in [3.05, 3.63) is 0 Å². The quantitative estimate of drug-likeness (QED) is 0.317. The van der Waals surface area contributed by atoms with E-state index in [-0.39, 0.29) is 12.8 Å². The van der Waals surface area contributed by atoms with Crippen LogP contribution in [0.25, 0.3) is 0 Å². The highest BCUT2D eigenvalue weighted by Gasteiger charge is 2.03. The van der Waals surface area contributed by atoms with Crippen molar-refractivity contribution in [1.29, 1.82) is 0 Å². The van der Waals surface area contributed by atoms with Gasteiger partial charge in [-0.3, -0.25) is 9.59 Å². The molecule has 3 heteroatoms. The summed E-state index contributed by atoms with van der Waals surface area (Å²) in [7, 11) is 0. The molecule has 0 rings (SSSR count). The third kappa shape index (κ3) is 3.70. The van der Waals surface area contributed by atoms with Crippen LogP contribution in [-0.2, 0) is 14.3 Å². The van der Waals surface area contributed by atoms with E-state index in [0.717, 1.165) is 0 Å². The van der Waals surface area contributed by atoms with Crippen LogP contribution in [0.5, 0.6) is 0 Å². The molecular weight excluding hydrogens is 121 g/mol. The number of hydrogen-bond acceptors (Lipinski definition) is 3. The van der Waals surface area contributed by atoms with Crippen LogP contribution in [0, 0.1) is 0 Å². The van der Waals surface area contributed by atoms with Crippen molar-refractivity contribution in [2.45, 2.75) is 26.7 Å². The van der Waals surface area contributed by atoms with Crippen molar-refractivity contribution >= 4 is 11.9 Å². The Bertz CT molecular complexity index is 103. The van der Waals surface area contributed by atoms with Crippen LogP contribution in [0.3, 0.4) is 0 Å². The van der Waals surface area contributed by atoms with Crippen molar-refractivity contribution in [3.63, 3.8) is 0 Å². The first kappa shape index (κ1) is 8.14. The first-order valence-electron chi connectivity index (χ1n) is 2.94. The molecule has 0 aliphatic heterocycles. The van der Waals surface area contributed by atoms with E-state index in [9.17, 15) is 9.59 Å². The summed E-state index contributed by atoms with van der Waals surface area (Å²) in [5.41, 5.74) is 0. The Kier molecular flexibility index (Phi) is 3.67. The Labute approximate surface area is 54.0 Å². The van der Waals surface area contributed by atoms with Crippen molar-refractivity contribution < 1.29 is 14.3 Å². The van der Waals surface area contributed by atoms with Crippen LogP contribution in [0.15, 0.2) is 0 Å². The zero-order chi connectivity index (χ0) is 7.28. The minimum absolute atomic E-state index is 0.256. The van der Waals surface area contributed by atoms with E-state index in [2.05, 4.69) is 4.74 Å². The van der Waals surface area contributed by atoms with Gasteiger partial charge in [0.05, 0.1) is 0 Å².